The highest BCUT2D eigenvalue weighted by atomic mass is 19.4. The van der Waals surface area contributed by atoms with Crippen molar-refractivity contribution in [2.45, 2.75) is 26.4 Å². The van der Waals surface area contributed by atoms with Crippen LogP contribution < -0.4 is 16.0 Å². The van der Waals surface area contributed by atoms with Gasteiger partial charge in [-0.15, -0.1) is 0 Å². The van der Waals surface area contributed by atoms with Gasteiger partial charge in [-0.1, -0.05) is 19.9 Å². The predicted molar refractivity (Wildman–Crippen MR) is 98.1 cm³/mol. The molecule has 0 saturated heterocycles. The zero-order valence-corrected chi connectivity index (χ0v) is 15.9. The Bertz CT molecular complexity index is 1070. The monoisotopic (exact) mass is 395 g/mol. The second-order valence-electron chi connectivity index (χ2n) is 7.06. The molecule has 28 heavy (non-hydrogen) atoms. The third kappa shape index (κ3) is 3.48. The van der Waals surface area contributed by atoms with Crippen molar-refractivity contribution in [1.82, 2.24) is 9.13 Å². The Kier molecular flexibility index (Phi) is 4.95. The molecular formula is C19H20F3N3O3. The molecule has 6 nitrogen and oxygen atoms in total. The zero-order chi connectivity index (χ0) is 20.8. The number of nitrogens with zero attached hydrogens (tertiary/aromatic N) is 3. The summed E-state index contributed by atoms with van der Waals surface area (Å²) >= 11 is 0. The standard InChI is InChI=1S/C19H20F3N3O3/c1-10-8-14-15(24(3)18(27)25(4)17(14)26)23-16(11(10)2)28-13-7-5-6-12(9-13)19(20,21)22/h5-7,9-11H,8H2,1-4H3. The van der Waals surface area contributed by atoms with Crippen LogP contribution in [0.4, 0.5) is 19.0 Å². The maximum Gasteiger partial charge on any atom is 0.416 e. The molecule has 2 atom stereocenters. The Morgan fingerprint density at radius 2 is 1.82 bits per heavy atom. The van der Waals surface area contributed by atoms with Gasteiger partial charge in [0.2, 0.25) is 0 Å². The minimum atomic E-state index is -4.49. The van der Waals surface area contributed by atoms with E-state index in [9.17, 15) is 22.8 Å². The van der Waals surface area contributed by atoms with Gasteiger partial charge in [0.15, 0.2) is 5.90 Å². The highest BCUT2D eigenvalue weighted by molar-refractivity contribution is 5.84. The molecule has 0 amide bonds. The van der Waals surface area contributed by atoms with Crippen LogP contribution in [-0.2, 0) is 26.7 Å². The van der Waals surface area contributed by atoms with Gasteiger partial charge in [-0.05, 0) is 30.5 Å². The number of rotatable bonds is 1. The first-order chi connectivity index (χ1) is 13.0. The summed E-state index contributed by atoms with van der Waals surface area (Å²) in [6.45, 7) is 3.72. The van der Waals surface area contributed by atoms with Crippen LogP contribution in [0.15, 0.2) is 38.8 Å². The number of benzene rings is 1. The summed E-state index contributed by atoms with van der Waals surface area (Å²) in [4.78, 5) is 29.2. The van der Waals surface area contributed by atoms with E-state index in [0.29, 0.717) is 12.0 Å². The molecule has 0 fully saturated rings. The summed E-state index contributed by atoms with van der Waals surface area (Å²) < 4.78 is 46.9. The van der Waals surface area contributed by atoms with Gasteiger partial charge in [0.1, 0.15) is 11.6 Å². The van der Waals surface area contributed by atoms with Gasteiger partial charge in [0, 0.05) is 20.0 Å². The maximum atomic E-state index is 13.0. The molecule has 2 heterocycles. The van der Waals surface area contributed by atoms with Crippen LogP contribution >= 0.6 is 0 Å². The van der Waals surface area contributed by atoms with E-state index in [1.807, 2.05) is 13.8 Å². The molecule has 2 aromatic rings. The van der Waals surface area contributed by atoms with E-state index in [0.717, 1.165) is 16.7 Å². The Labute approximate surface area is 158 Å². The molecule has 0 bridgehead atoms. The average Bonchev–Trinajstić information content (AvgIpc) is 2.76. The van der Waals surface area contributed by atoms with E-state index >= 15 is 0 Å². The lowest BCUT2D eigenvalue weighted by Crippen LogP contribution is -2.39. The Morgan fingerprint density at radius 1 is 1.14 bits per heavy atom. The SMILES string of the molecule is CC1Cc2c(n(C)c(=O)n(C)c2=O)N=C(Oc2cccc(C(F)(F)F)c2)C1C. The van der Waals surface area contributed by atoms with E-state index in [2.05, 4.69) is 4.99 Å². The van der Waals surface area contributed by atoms with Crippen LogP contribution in [-0.4, -0.2) is 15.0 Å². The van der Waals surface area contributed by atoms with Gasteiger partial charge < -0.3 is 4.74 Å². The Balaban J connectivity index is 2.12. The molecule has 1 aromatic heterocycles. The first kappa shape index (κ1) is 19.9. The Hall–Kier alpha value is -2.84. The van der Waals surface area contributed by atoms with Gasteiger partial charge in [-0.3, -0.25) is 13.9 Å². The van der Waals surface area contributed by atoms with Crippen molar-refractivity contribution < 1.29 is 17.9 Å². The molecule has 150 valence electrons. The lowest BCUT2D eigenvalue weighted by atomic mass is 9.91. The third-order valence-electron chi connectivity index (χ3n) is 5.09. The molecule has 0 radical (unpaired) electrons. The first-order valence-corrected chi connectivity index (χ1v) is 8.73. The summed E-state index contributed by atoms with van der Waals surface area (Å²) in [6.07, 6.45) is -4.12. The number of hydrogen-bond donors (Lipinski definition) is 0. The van der Waals surface area contributed by atoms with Crippen molar-refractivity contribution in [1.29, 1.82) is 0 Å². The quantitative estimate of drug-likeness (QED) is 0.746. The van der Waals surface area contributed by atoms with Gasteiger partial charge in [0.05, 0.1) is 11.1 Å². The van der Waals surface area contributed by atoms with Crippen LogP contribution in [0.25, 0.3) is 0 Å². The molecule has 0 aliphatic carbocycles. The summed E-state index contributed by atoms with van der Waals surface area (Å²) in [5, 5.41) is 0. The minimum absolute atomic E-state index is 0.00934. The number of ether oxygens (including phenoxy) is 1. The zero-order valence-electron chi connectivity index (χ0n) is 15.9. The molecule has 1 aliphatic heterocycles. The summed E-state index contributed by atoms with van der Waals surface area (Å²) in [6, 6.07) is 4.51. The fourth-order valence-corrected chi connectivity index (χ4v) is 3.14. The van der Waals surface area contributed by atoms with Gasteiger partial charge in [-0.25, -0.2) is 4.79 Å². The number of fused-ring (bicyclic) bond motifs is 1. The van der Waals surface area contributed by atoms with E-state index in [-0.39, 0.29) is 29.3 Å². The molecule has 0 saturated carbocycles. The van der Waals surface area contributed by atoms with Crippen molar-refractivity contribution in [2.75, 3.05) is 0 Å². The largest absolute Gasteiger partial charge is 0.443 e. The summed E-state index contributed by atoms with van der Waals surface area (Å²) in [5.74, 6) is -0.0252. The van der Waals surface area contributed by atoms with Crippen molar-refractivity contribution in [3.05, 3.63) is 56.2 Å². The highest BCUT2D eigenvalue weighted by Gasteiger charge is 2.32. The summed E-state index contributed by atoms with van der Waals surface area (Å²) in [7, 11) is 2.89. The second-order valence-corrected chi connectivity index (χ2v) is 7.06. The smallest absolute Gasteiger partial charge is 0.416 e. The molecule has 1 aliphatic rings. The van der Waals surface area contributed by atoms with Crippen LogP contribution in [0, 0.1) is 11.8 Å². The topological polar surface area (TPSA) is 65.6 Å². The van der Waals surface area contributed by atoms with Crippen LogP contribution in [0.1, 0.15) is 25.0 Å². The van der Waals surface area contributed by atoms with Crippen LogP contribution in [0.3, 0.4) is 0 Å². The van der Waals surface area contributed by atoms with E-state index in [1.165, 1.54) is 30.8 Å². The normalized spacial score (nSPS) is 19.6. The van der Waals surface area contributed by atoms with Crippen molar-refractivity contribution >= 4 is 11.7 Å². The van der Waals surface area contributed by atoms with E-state index in [1.54, 1.807) is 0 Å². The summed E-state index contributed by atoms with van der Waals surface area (Å²) in [5.41, 5.74) is -1.41. The molecule has 0 N–H and O–H groups in total. The number of hydrogen-bond acceptors (Lipinski definition) is 4. The Morgan fingerprint density at radius 3 is 2.46 bits per heavy atom. The lowest BCUT2D eigenvalue weighted by molar-refractivity contribution is -0.137. The van der Waals surface area contributed by atoms with Crippen molar-refractivity contribution in [3.8, 4) is 5.75 Å². The fourth-order valence-electron chi connectivity index (χ4n) is 3.14. The van der Waals surface area contributed by atoms with Gasteiger partial charge in [-0.2, -0.15) is 18.2 Å². The number of alkyl halides is 3. The van der Waals surface area contributed by atoms with Gasteiger partial charge >= 0.3 is 11.9 Å². The van der Waals surface area contributed by atoms with Gasteiger partial charge in [0.25, 0.3) is 5.56 Å². The van der Waals surface area contributed by atoms with Crippen LogP contribution in [0.5, 0.6) is 5.75 Å². The van der Waals surface area contributed by atoms with E-state index < -0.39 is 23.0 Å². The number of aromatic nitrogens is 2. The van der Waals surface area contributed by atoms with Crippen molar-refractivity contribution in [3.63, 3.8) is 0 Å². The number of halogens is 3. The second kappa shape index (κ2) is 6.96. The number of aliphatic imine (C=N–C) groups is 1. The molecular weight excluding hydrogens is 375 g/mol. The average molecular weight is 395 g/mol. The molecule has 2 unspecified atom stereocenters. The molecule has 0 spiro atoms. The van der Waals surface area contributed by atoms with E-state index in [4.69, 9.17) is 4.74 Å². The van der Waals surface area contributed by atoms with Crippen LogP contribution in [0.2, 0.25) is 0 Å². The maximum absolute atomic E-state index is 13.0. The molecule has 1 aromatic carbocycles. The molecule has 3 rings (SSSR count). The fraction of sp³-hybridized carbons (Fsp3) is 0.421. The third-order valence-corrected chi connectivity index (χ3v) is 5.09. The predicted octanol–water partition coefficient (Wildman–Crippen LogP) is 3.04. The van der Waals surface area contributed by atoms with Crippen molar-refractivity contribution in [2.24, 2.45) is 30.9 Å². The first-order valence-electron chi connectivity index (χ1n) is 8.73. The lowest BCUT2D eigenvalue weighted by Gasteiger charge is -2.19. The minimum Gasteiger partial charge on any atom is -0.443 e. The highest BCUT2D eigenvalue weighted by Crippen LogP contribution is 2.33. The molecule has 9 heteroatoms.